The number of likely N-dealkylation sites (tertiary alicyclic amines) is 1. The van der Waals surface area contributed by atoms with Gasteiger partial charge in [-0.25, -0.2) is 5.48 Å². The first-order valence-electron chi connectivity index (χ1n) is 10.7. The Morgan fingerprint density at radius 1 is 1.03 bits per heavy atom. The Labute approximate surface area is 182 Å². The normalized spacial score (nSPS) is 17.7. The fraction of sp³-hybridized carbons (Fsp3) is 0.360. The summed E-state index contributed by atoms with van der Waals surface area (Å²) in [6.07, 6.45) is 4.05. The van der Waals surface area contributed by atoms with Crippen molar-refractivity contribution in [2.75, 3.05) is 6.54 Å². The van der Waals surface area contributed by atoms with Crippen molar-refractivity contribution in [3.05, 3.63) is 70.8 Å². The summed E-state index contributed by atoms with van der Waals surface area (Å²) in [7, 11) is 0. The Hall–Kier alpha value is -3.14. The van der Waals surface area contributed by atoms with Crippen LogP contribution in [0.5, 0.6) is 0 Å². The smallest absolute Gasteiger partial charge is 0.266 e. The fourth-order valence-corrected chi connectivity index (χ4v) is 3.70. The number of nitrogens with one attached hydrogen (secondary N) is 1. The molecule has 0 aliphatic carbocycles. The Bertz CT molecular complexity index is 958. The monoisotopic (exact) mass is 420 g/mol. The lowest BCUT2D eigenvalue weighted by molar-refractivity contribution is -0.133. The second kappa shape index (κ2) is 10.8. The highest BCUT2D eigenvalue weighted by Crippen LogP contribution is 2.21. The highest BCUT2D eigenvalue weighted by Gasteiger charge is 2.39. The van der Waals surface area contributed by atoms with Crippen LogP contribution in [-0.2, 0) is 11.2 Å². The summed E-state index contributed by atoms with van der Waals surface area (Å²) in [5.41, 5.74) is 4.98. The van der Waals surface area contributed by atoms with Gasteiger partial charge in [0.25, 0.3) is 11.8 Å². The van der Waals surface area contributed by atoms with Gasteiger partial charge in [0.1, 0.15) is 6.04 Å². The van der Waals surface area contributed by atoms with Gasteiger partial charge in [-0.3, -0.25) is 14.8 Å². The predicted octanol–water partition coefficient (Wildman–Crippen LogP) is 2.90. The van der Waals surface area contributed by atoms with Crippen LogP contribution in [0.25, 0.3) is 0 Å². The van der Waals surface area contributed by atoms with Crippen molar-refractivity contribution >= 4 is 11.8 Å². The van der Waals surface area contributed by atoms with Gasteiger partial charge in [-0.1, -0.05) is 43.7 Å². The molecule has 2 amide bonds. The lowest BCUT2D eigenvalue weighted by Gasteiger charge is -2.22. The number of unbranched alkanes of at least 4 members (excludes halogenated alkanes) is 2. The Morgan fingerprint density at radius 2 is 1.65 bits per heavy atom. The van der Waals surface area contributed by atoms with Gasteiger partial charge in [0.2, 0.25) is 0 Å². The summed E-state index contributed by atoms with van der Waals surface area (Å²) < 4.78 is 0. The molecular formula is C25H28N2O4. The van der Waals surface area contributed by atoms with Crippen molar-refractivity contribution in [1.29, 1.82) is 0 Å². The molecule has 1 saturated heterocycles. The first kappa shape index (κ1) is 22.5. The van der Waals surface area contributed by atoms with E-state index in [1.165, 1.54) is 29.7 Å². The number of β-amino-alcohol motifs (C(OH)–C–C–N with tert-alkyl or cyclic N) is 1. The molecule has 6 nitrogen and oxygen atoms in total. The van der Waals surface area contributed by atoms with Gasteiger partial charge in [0.05, 0.1) is 6.10 Å². The van der Waals surface area contributed by atoms with E-state index in [9.17, 15) is 14.7 Å². The van der Waals surface area contributed by atoms with Crippen LogP contribution in [0.4, 0.5) is 0 Å². The second-order valence-corrected chi connectivity index (χ2v) is 7.82. The molecule has 0 spiro atoms. The van der Waals surface area contributed by atoms with Gasteiger partial charge < -0.3 is 10.0 Å². The molecule has 1 aliphatic heterocycles. The number of nitrogens with zero attached hydrogens (tertiary/aromatic N) is 1. The summed E-state index contributed by atoms with van der Waals surface area (Å²) >= 11 is 0. The summed E-state index contributed by atoms with van der Waals surface area (Å²) in [6.45, 7) is 2.25. The van der Waals surface area contributed by atoms with Crippen molar-refractivity contribution in [2.45, 2.75) is 51.2 Å². The molecule has 31 heavy (non-hydrogen) atoms. The lowest BCUT2D eigenvalue weighted by atomic mass is 10.1. The molecule has 6 heteroatoms. The molecule has 0 radical (unpaired) electrons. The Kier molecular flexibility index (Phi) is 7.82. The van der Waals surface area contributed by atoms with Crippen LogP contribution in [0, 0.1) is 11.8 Å². The molecule has 3 N–H and O–H groups in total. The van der Waals surface area contributed by atoms with E-state index in [1.54, 1.807) is 29.7 Å². The van der Waals surface area contributed by atoms with E-state index in [1.807, 2.05) is 12.1 Å². The zero-order valence-corrected chi connectivity index (χ0v) is 17.7. The van der Waals surface area contributed by atoms with Gasteiger partial charge in [0.15, 0.2) is 0 Å². The molecule has 2 aromatic rings. The molecule has 0 saturated carbocycles. The number of aliphatic hydroxyl groups excluding tert-OH is 1. The zero-order valence-electron chi connectivity index (χ0n) is 17.7. The van der Waals surface area contributed by atoms with Gasteiger partial charge in [-0.05, 0) is 54.8 Å². The fourth-order valence-electron chi connectivity index (χ4n) is 3.70. The van der Waals surface area contributed by atoms with Gasteiger partial charge >= 0.3 is 0 Å². The van der Waals surface area contributed by atoms with E-state index < -0.39 is 18.1 Å². The van der Waals surface area contributed by atoms with Gasteiger partial charge in [-0.15, -0.1) is 0 Å². The van der Waals surface area contributed by atoms with Crippen molar-refractivity contribution < 1.29 is 19.9 Å². The van der Waals surface area contributed by atoms with Crippen molar-refractivity contribution in [3.8, 4) is 11.8 Å². The quantitative estimate of drug-likeness (QED) is 0.290. The van der Waals surface area contributed by atoms with Crippen molar-refractivity contribution in [1.82, 2.24) is 10.4 Å². The summed E-state index contributed by atoms with van der Waals surface area (Å²) in [5, 5.41) is 18.7. The molecule has 0 bridgehead atoms. The number of rotatable bonds is 6. The third kappa shape index (κ3) is 5.94. The van der Waals surface area contributed by atoms with E-state index in [0.717, 1.165) is 17.5 Å². The molecule has 0 unspecified atom stereocenters. The Balaban J connectivity index is 1.64. The number of aliphatic hydroxyl groups is 1. The average Bonchev–Trinajstić information content (AvgIpc) is 3.19. The summed E-state index contributed by atoms with van der Waals surface area (Å²) in [6, 6.07) is 14.2. The highest BCUT2D eigenvalue weighted by molar-refractivity contribution is 5.98. The van der Waals surface area contributed by atoms with Crippen LogP contribution >= 0.6 is 0 Å². The first-order chi connectivity index (χ1) is 15.0. The van der Waals surface area contributed by atoms with E-state index in [4.69, 9.17) is 5.21 Å². The number of hydroxylamine groups is 1. The van der Waals surface area contributed by atoms with E-state index in [-0.39, 0.29) is 18.9 Å². The molecule has 1 heterocycles. The van der Waals surface area contributed by atoms with E-state index in [0.29, 0.717) is 5.56 Å². The van der Waals surface area contributed by atoms with Crippen LogP contribution in [0.15, 0.2) is 48.5 Å². The number of hydrogen-bond donors (Lipinski definition) is 3. The number of benzene rings is 2. The molecule has 2 aromatic carbocycles. The van der Waals surface area contributed by atoms with E-state index in [2.05, 4.69) is 30.9 Å². The number of carbonyl (C=O) groups excluding carboxylic acids is 2. The van der Waals surface area contributed by atoms with Gasteiger partial charge in [-0.2, -0.15) is 0 Å². The molecule has 2 atom stereocenters. The third-order valence-electron chi connectivity index (χ3n) is 5.46. The maximum atomic E-state index is 12.8. The summed E-state index contributed by atoms with van der Waals surface area (Å²) in [5.74, 6) is 5.16. The zero-order chi connectivity index (χ0) is 22.2. The minimum absolute atomic E-state index is 0.0485. The number of amides is 2. The predicted molar refractivity (Wildman–Crippen MR) is 117 cm³/mol. The van der Waals surface area contributed by atoms with E-state index >= 15 is 0 Å². The molecule has 1 fully saturated rings. The molecule has 3 rings (SSSR count). The van der Waals surface area contributed by atoms with Crippen LogP contribution in [-0.4, -0.2) is 45.7 Å². The highest BCUT2D eigenvalue weighted by atomic mass is 16.5. The molecule has 1 aliphatic rings. The maximum absolute atomic E-state index is 12.8. The number of aryl methyl sites for hydroxylation is 1. The minimum Gasteiger partial charge on any atom is -0.391 e. The van der Waals surface area contributed by atoms with Crippen molar-refractivity contribution in [2.24, 2.45) is 0 Å². The topological polar surface area (TPSA) is 89.9 Å². The third-order valence-corrected chi connectivity index (χ3v) is 5.46. The first-order valence-corrected chi connectivity index (χ1v) is 10.7. The van der Waals surface area contributed by atoms with Crippen LogP contribution in [0.2, 0.25) is 0 Å². The molecule has 162 valence electrons. The standard InChI is InChI=1S/C25H28N2O4/c1-2-3-4-5-18-6-8-19(9-7-18)10-11-20-12-14-21(15-13-20)25(30)27-17-22(28)16-23(27)24(29)26-31/h6-9,12-15,22-23,28,31H,2-5,16-17H2,1H3,(H,26,29)/t22-,23+/m1/s1. The number of hydrogen-bond acceptors (Lipinski definition) is 4. The summed E-state index contributed by atoms with van der Waals surface area (Å²) in [4.78, 5) is 25.8. The Morgan fingerprint density at radius 3 is 2.23 bits per heavy atom. The van der Waals surface area contributed by atoms with Crippen LogP contribution in [0.3, 0.4) is 0 Å². The SMILES string of the molecule is CCCCCc1ccc(C#Cc2ccc(C(=O)N3C[C@H](O)C[C@H]3C(=O)NO)cc2)cc1. The van der Waals surface area contributed by atoms with Gasteiger partial charge in [0, 0.05) is 29.7 Å². The minimum atomic E-state index is -0.892. The lowest BCUT2D eigenvalue weighted by Crippen LogP contribution is -2.45. The maximum Gasteiger partial charge on any atom is 0.266 e. The average molecular weight is 421 g/mol. The number of carbonyl (C=O) groups is 2. The van der Waals surface area contributed by atoms with Crippen molar-refractivity contribution in [3.63, 3.8) is 0 Å². The molecule has 0 aromatic heterocycles. The molecular weight excluding hydrogens is 392 g/mol. The van der Waals surface area contributed by atoms with Crippen LogP contribution < -0.4 is 5.48 Å². The second-order valence-electron chi connectivity index (χ2n) is 7.82. The van der Waals surface area contributed by atoms with Crippen LogP contribution in [0.1, 0.15) is 59.7 Å². The largest absolute Gasteiger partial charge is 0.391 e.